The van der Waals surface area contributed by atoms with Crippen LogP contribution in [0.5, 0.6) is 0 Å². The summed E-state index contributed by atoms with van der Waals surface area (Å²) in [7, 11) is -2.69. The van der Waals surface area contributed by atoms with Crippen LogP contribution >= 0.6 is 0 Å². The average molecular weight is 498 g/mol. The van der Waals surface area contributed by atoms with E-state index >= 15 is 0 Å². The van der Waals surface area contributed by atoms with Crippen molar-refractivity contribution >= 4 is 38.2 Å². The molecule has 0 atom stereocenters. The minimum atomic E-state index is -3.97. The van der Waals surface area contributed by atoms with Crippen LogP contribution in [0, 0.1) is 18.8 Å². The van der Waals surface area contributed by atoms with Crippen LogP contribution in [0.25, 0.3) is 16.5 Å². The Kier molecular flexibility index (Phi) is 6.86. The molecule has 0 aliphatic rings. The van der Waals surface area contributed by atoms with E-state index in [4.69, 9.17) is 4.74 Å². The van der Waals surface area contributed by atoms with E-state index in [1.807, 2.05) is 12.1 Å². The van der Waals surface area contributed by atoms with Crippen molar-refractivity contribution in [3.63, 3.8) is 0 Å². The Hall–Kier alpha value is -4.48. The van der Waals surface area contributed by atoms with E-state index in [0.29, 0.717) is 39.0 Å². The normalized spacial score (nSPS) is 10.9. The monoisotopic (exact) mass is 497 g/mol. The van der Waals surface area contributed by atoms with Gasteiger partial charge in [-0.15, -0.1) is 0 Å². The lowest BCUT2D eigenvalue weighted by Crippen LogP contribution is -2.16. The third-order valence-electron chi connectivity index (χ3n) is 5.46. The fourth-order valence-corrected chi connectivity index (χ4v) is 5.18. The molecule has 2 heterocycles. The SMILES string of the molecule is C=C(C)c1cc(C(=O)OC)ncc1C#Cc1ccccc1NS(=O)(=O)c1c(C)ccc2cccnc12. The standard InChI is InChI=1S/C28H23N3O4S/c1-18(2)23-16-25(28(32)35-4)30-17-22(23)14-13-20-8-5-6-10-24(20)31-36(33,34)27-19(3)11-12-21-9-7-15-29-26(21)27/h5-12,15-17,31H,1H2,2-4H3. The van der Waals surface area contributed by atoms with Gasteiger partial charge in [-0.1, -0.05) is 48.8 Å². The zero-order valence-electron chi connectivity index (χ0n) is 20.0. The first kappa shape index (κ1) is 24.6. The maximum Gasteiger partial charge on any atom is 0.356 e. The Morgan fingerprint density at radius 2 is 1.78 bits per heavy atom. The molecule has 0 amide bonds. The van der Waals surface area contributed by atoms with Crippen LogP contribution in [0.1, 0.15) is 39.7 Å². The molecule has 36 heavy (non-hydrogen) atoms. The maximum absolute atomic E-state index is 13.5. The van der Waals surface area contributed by atoms with Gasteiger partial charge in [0.1, 0.15) is 10.6 Å². The number of fused-ring (bicyclic) bond motifs is 1. The largest absolute Gasteiger partial charge is 0.464 e. The Morgan fingerprint density at radius 1 is 1.03 bits per heavy atom. The molecule has 7 nitrogen and oxygen atoms in total. The summed E-state index contributed by atoms with van der Waals surface area (Å²) in [5, 5.41) is 0.728. The molecule has 8 heteroatoms. The van der Waals surface area contributed by atoms with Gasteiger partial charge in [0.25, 0.3) is 10.0 Å². The van der Waals surface area contributed by atoms with E-state index < -0.39 is 16.0 Å². The molecule has 4 rings (SSSR count). The van der Waals surface area contributed by atoms with E-state index in [1.54, 1.807) is 62.5 Å². The summed E-state index contributed by atoms with van der Waals surface area (Å²) in [5.41, 5.74) is 3.81. The second-order valence-corrected chi connectivity index (χ2v) is 9.69. The molecule has 0 saturated carbocycles. The smallest absolute Gasteiger partial charge is 0.356 e. The lowest BCUT2D eigenvalue weighted by molar-refractivity contribution is 0.0594. The fourth-order valence-electron chi connectivity index (χ4n) is 3.69. The summed E-state index contributed by atoms with van der Waals surface area (Å²) in [4.78, 5) is 20.4. The number of benzene rings is 2. The Bertz CT molecular complexity index is 1680. The second-order valence-electron chi connectivity index (χ2n) is 8.07. The lowest BCUT2D eigenvalue weighted by atomic mass is 10.0. The molecule has 1 N–H and O–H groups in total. The van der Waals surface area contributed by atoms with Crippen LogP contribution in [0.2, 0.25) is 0 Å². The molecule has 0 spiro atoms. The number of allylic oxidation sites excluding steroid dienone is 1. The summed E-state index contributed by atoms with van der Waals surface area (Å²) in [6, 6.07) is 15.6. The minimum Gasteiger partial charge on any atom is -0.464 e. The minimum absolute atomic E-state index is 0.121. The molecule has 0 radical (unpaired) electrons. The highest BCUT2D eigenvalue weighted by molar-refractivity contribution is 7.93. The number of methoxy groups -OCH3 is 1. The van der Waals surface area contributed by atoms with Crippen molar-refractivity contribution in [2.75, 3.05) is 11.8 Å². The number of para-hydroxylation sites is 1. The summed E-state index contributed by atoms with van der Waals surface area (Å²) in [6.07, 6.45) is 3.04. The van der Waals surface area contributed by atoms with Crippen LogP contribution in [0.15, 0.2) is 78.5 Å². The first-order chi connectivity index (χ1) is 17.2. The summed E-state index contributed by atoms with van der Waals surface area (Å²) in [6.45, 7) is 7.49. The molecule has 2 aromatic heterocycles. The Balaban J connectivity index is 1.74. The molecule has 180 valence electrons. The number of carbonyl (C=O) groups excluding carboxylic acids is 1. The molecule has 2 aromatic carbocycles. The van der Waals surface area contributed by atoms with Gasteiger partial charge in [0.15, 0.2) is 0 Å². The van der Waals surface area contributed by atoms with Gasteiger partial charge in [-0.05, 0) is 54.8 Å². The zero-order chi connectivity index (χ0) is 25.9. The predicted octanol–water partition coefficient (Wildman–Crippen LogP) is 4.96. The molecular weight excluding hydrogens is 474 g/mol. The average Bonchev–Trinajstić information content (AvgIpc) is 2.87. The van der Waals surface area contributed by atoms with Crippen molar-refractivity contribution in [3.05, 3.63) is 102 Å². The van der Waals surface area contributed by atoms with Crippen LogP contribution in [-0.2, 0) is 14.8 Å². The van der Waals surface area contributed by atoms with E-state index in [9.17, 15) is 13.2 Å². The molecule has 0 bridgehead atoms. The van der Waals surface area contributed by atoms with Crippen LogP contribution in [0.4, 0.5) is 5.69 Å². The molecule has 0 saturated heterocycles. The van der Waals surface area contributed by atoms with Gasteiger partial charge in [-0.2, -0.15) is 0 Å². The second kappa shape index (κ2) is 10.0. The van der Waals surface area contributed by atoms with Gasteiger partial charge < -0.3 is 4.74 Å². The highest BCUT2D eigenvalue weighted by Crippen LogP contribution is 2.28. The predicted molar refractivity (Wildman–Crippen MR) is 140 cm³/mol. The van der Waals surface area contributed by atoms with Crippen molar-refractivity contribution in [3.8, 4) is 11.8 Å². The van der Waals surface area contributed by atoms with Crippen LogP contribution < -0.4 is 4.72 Å². The number of anilines is 1. The van der Waals surface area contributed by atoms with Gasteiger partial charge in [-0.3, -0.25) is 9.71 Å². The molecule has 0 unspecified atom stereocenters. The first-order valence-corrected chi connectivity index (χ1v) is 12.4. The summed E-state index contributed by atoms with van der Waals surface area (Å²) in [5.74, 6) is 5.49. The van der Waals surface area contributed by atoms with Crippen molar-refractivity contribution in [2.45, 2.75) is 18.7 Å². The zero-order valence-corrected chi connectivity index (χ0v) is 20.8. The third kappa shape index (κ3) is 4.97. The number of aryl methyl sites for hydroxylation is 1. The summed E-state index contributed by atoms with van der Waals surface area (Å²) < 4.78 is 34.4. The molecule has 0 aliphatic carbocycles. The van der Waals surface area contributed by atoms with E-state index in [2.05, 4.69) is 33.1 Å². The Morgan fingerprint density at radius 3 is 2.53 bits per heavy atom. The van der Waals surface area contributed by atoms with Crippen molar-refractivity contribution in [2.24, 2.45) is 0 Å². The quantitative estimate of drug-likeness (QED) is 0.309. The first-order valence-electron chi connectivity index (χ1n) is 10.9. The summed E-state index contributed by atoms with van der Waals surface area (Å²) >= 11 is 0. The number of pyridine rings is 2. The molecule has 0 fully saturated rings. The van der Waals surface area contributed by atoms with E-state index in [-0.39, 0.29) is 10.6 Å². The molecule has 4 aromatic rings. The number of carbonyl (C=O) groups is 1. The third-order valence-corrected chi connectivity index (χ3v) is 7.00. The van der Waals surface area contributed by atoms with Crippen molar-refractivity contribution in [1.29, 1.82) is 0 Å². The van der Waals surface area contributed by atoms with Crippen molar-refractivity contribution in [1.82, 2.24) is 9.97 Å². The molecule has 0 aliphatic heterocycles. The fraction of sp³-hybridized carbons (Fsp3) is 0.107. The highest BCUT2D eigenvalue weighted by Gasteiger charge is 2.22. The number of nitrogens with one attached hydrogen (secondary N) is 1. The van der Waals surface area contributed by atoms with Gasteiger partial charge in [0.05, 0.1) is 23.9 Å². The Labute approximate surface area is 209 Å². The van der Waals surface area contributed by atoms with E-state index in [1.165, 1.54) is 13.3 Å². The lowest BCUT2D eigenvalue weighted by Gasteiger charge is -2.13. The van der Waals surface area contributed by atoms with Crippen molar-refractivity contribution < 1.29 is 17.9 Å². The number of rotatable bonds is 5. The molecular formula is C28H23N3O4S. The number of sulfonamides is 1. The van der Waals surface area contributed by atoms with Crippen LogP contribution in [-0.4, -0.2) is 31.5 Å². The highest BCUT2D eigenvalue weighted by atomic mass is 32.2. The number of ether oxygens (including phenoxy) is 1. The number of hydrogen-bond donors (Lipinski definition) is 1. The van der Waals surface area contributed by atoms with Gasteiger partial charge in [0, 0.05) is 23.3 Å². The van der Waals surface area contributed by atoms with Gasteiger partial charge in [-0.25, -0.2) is 18.2 Å². The number of esters is 1. The maximum atomic E-state index is 13.5. The number of hydrogen-bond acceptors (Lipinski definition) is 6. The number of aromatic nitrogens is 2. The van der Waals surface area contributed by atoms with Gasteiger partial charge in [0.2, 0.25) is 0 Å². The topological polar surface area (TPSA) is 98.2 Å². The van der Waals surface area contributed by atoms with Crippen LogP contribution in [0.3, 0.4) is 0 Å². The van der Waals surface area contributed by atoms with E-state index in [0.717, 1.165) is 5.39 Å². The van der Waals surface area contributed by atoms with Gasteiger partial charge >= 0.3 is 5.97 Å². The number of nitrogens with zero attached hydrogens (tertiary/aromatic N) is 2.